The molecule has 0 bridgehead atoms. The molecule has 3 aliphatic rings. The molecule has 34 heavy (non-hydrogen) atoms. The van der Waals surface area contributed by atoms with E-state index in [0.717, 1.165) is 5.56 Å². The molecule has 4 N–H and O–H groups in total. The lowest BCUT2D eigenvalue weighted by Crippen LogP contribution is -2.59. The standard InChI is InChI=1S/C28H37NO5/c1-16-9-8-12-20-25(32)18(3)17(2)24-21(13-19-10-6-5-7-11-19)29-26(33)28(20,24)23(31)14-22(30)27(4,34)15-16/h5-8,10-12,16-17,20-22,24-25,30,32,34H,3,9,13-15H2,1-2,4H3,(H,29,33)/t16-,17+,20-,21-,22+,24-,25+,27-,28+/m0/s1. The van der Waals surface area contributed by atoms with Gasteiger partial charge in [-0.2, -0.15) is 0 Å². The van der Waals surface area contributed by atoms with E-state index in [9.17, 15) is 24.9 Å². The predicted octanol–water partition coefficient (Wildman–Crippen LogP) is 2.57. The number of hydrogen-bond acceptors (Lipinski definition) is 5. The summed E-state index contributed by atoms with van der Waals surface area (Å²) in [5, 5.41) is 36.2. The maximum absolute atomic E-state index is 14.1. The van der Waals surface area contributed by atoms with Crippen LogP contribution in [-0.4, -0.2) is 50.9 Å². The van der Waals surface area contributed by atoms with E-state index in [0.29, 0.717) is 24.8 Å². The van der Waals surface area contributed by atoms with Crippen LogP contribution in [0.25, 0.3) is 0 Å². The Morgan fingerprint density at radius 1 is 1.15 bits per heavy atom. The van der Waals surface area contributed by atoms with E-state index in [4.69, 9.17) is 0 Å². The summed E-state index contributed by atoms with van der Waals surface area (Å²) in [4.78, 5) is 27.9. The molecule has 6 nitrogen and oxygen atoms in total. The quantitative estimate of drug-likeness (QED) is 0.395. The van der Waals surface area contributed by atoms with Crippen molar-refractivity contribution in [3.8, 4) is 0 Å². The van der Waals surface area contributed by atoms with Crippen LogP contribution >= 0.6 is 0 Å². The maximum atomic E-state index is 14.1. The highest BCUT2D eigenvalue weighted by Gasteiger charge is 2.68. The average Bonchev–Trinajstić information content (AvgIpc) is 3.06. The zero-order valence-corrected chi connectivity index (χ0v) is 20.3. The molecule has 1 amide bonds. The molecule has 9 atom stereocenters. The summed E-state index contributed by atoms with van der Waals surface area (Å²) in [6, 6.07) is 9.48. The zero-order valence-electron chi connectivity index (χ0n) is 20.3. The van der Waals surface area contributed by atoms with Gasteiger partial charge in [0, 0.05) is 24.3 Å². The molecule has 0 aromatic heterocycles. The summed E-state index contributed by atoms with van der Waals surface area (Å²) < 4.78 is 0. The highest BCUT2D eigenvalue weighted by Crippen LogP contribution is 2.57. The monoisotopic (exact) mass is 467 g/mol. The van der Waals surface area contributed by atoms with Crippen LogP contribution in [0.5, 0.6) is 0 Å². The summed E-state index contributed by atoms with van der Waals surface area (Å²) in [5.74, 6) is -2.30. The normalized spacial score (nSPS) is 43.0. The van der Waals surface area contributed by atoms with Gasteiger partial charge in [0.15, 0.2) is 5.78 Å². The zero-order chi connectivity index (χ0) is 24.8. The predicted molar refractivity (Wildman–Crippen MR) is 130 cm³/mol. The Hall–Kier alpha value is -2.28. The van der Waals surface area contributed by atoms with Crippen LogP contribution in [-0.2, 0) is 16.0 Å². The molecule has 1 saturated heterocycles. The average molecular weight is 468 g/mol. The van der Waals surface area contributed by atoms with Crippen molar-refractivity contribution >= 4 is 11.7 Å². The summed E-state index contributed by atoms with van der Waals surface area (Å²) in [6.07, 6.45) is 2.46. The molecule has 0 unspecified atom stereocenters. The number of ketones is 1. The first-order valence-electron chi connectivity index (χ1n) is 12.3. The SMILES string of the molecule is C=C1[C@@H](C)[C@H]2[C@H](Cc3ccccc3)NC(=O)[C@]23C(=O)C[C@@H](O)[C@@](C)(O)C[C@@H](C)CC=C[C@H]3[C@@H]1O. The Morgan fingerprint density at radius 3 is 2.50 bits per heavy atom. The molecular weight excluding hydrogens is 430 g/mol. The van der Waals surface area contributed by atoms with Crippen molar-refractivity contribution in [1.82, 2.24) is 5.32 Å². The van der Waals surface area contributed by atoms with Crippen LogP contribution in [0.3, 0.4) is 0 Å². The van der Waals surface area contributed by atoms with Gasteiger partial charge in [0.25, 0.3) is 0 Å². The van der Waals surface area contributed by atoms with E-state index >= 15 is 0 Å². The van der Waals surface area contributed by atoms with Gasteiger partial charge in [-0.15, -0.1) is 0 Å². The molecule has 184 valence electrons. The summed E-state index contributed by atoms with van der Waals surface area (Å²) in [6.45, 7) is 9.60. The molecule has 1 aliphatic heterocycles. The van der Waals surface area contributed by atoms with Gasteiger partial charge >= 0.3 is 0 Å². The lowest BCUT2D eigenvalue weighted by atomic mass is 9.51. The Morgan fingerprint density at radius 2 is 1.82 bits per heavy atom. The van der Waals surface area contributed by atoms with E-state index in [1.54, 1.807) is 13.0 Å². The van der Waals surface area contributed by atoms with Crippen LogP contribution in [0, 0.1) is 29.1 Å². The second-order valence-corrected chi connectivity index (χ2v) is 11.0. The van der Waals surface area contributed by atoms with Crippen molar-refractivity contribution in [2.45, 2.75) is 70.3 Å². The molecule has 1 spiro atoms. The smallest absolute Gasteiger partial charge is 0.235 e. The number of rotatable bonds is 2. The number of Topliss-reactive ketones (excluding diaryl/α,β-unsaturated/α-hetero) is 1. The molecular formula is C28H37NO5. The number of amides is 1. The van der Waals surface area contributed by atoms with Crippen LogP contribution in [0.2, 0.25) is 0 Å². The van der Waals surface area contributed by atoms with Crippen molar-refractivity contribution in [2.75, 3.05) is 0 Å². The van der Waals surface area contributed by atoms with Gasteiger partial charge < -0.3 is 20.6 Å². The third-order valence-corrected chi connectivity index (χ3v) is 8.52. The number of carbonyl (C=O) groups is 2. The van der Waals surface area contributed by atoms with Crippen molar-refractivity contribution in [1.29, 1.82) is 0 Å². The van der Waals surface area contributed by atoms with Crippen molar-refractivity contribution < 1.29 is 24.9 Å². The third-order valence-electron chi connectivity index (χ3n) is 8.52. The lowest BCUT2D eigenvalue weighted by molar-refractivity contribution is -0.156. The first-order chi connectivity index (χ1) is 16.0. The van der Waals surface area contributed by atoms with Crippen molar-refractivity contribution in [3.63, 3.8) is 0 Å². The van der Waals surface area contributed by atoms with Crippen LogP contribution in [0.15, 0.2) is 54.6 Å². The Kier molecular flexibility index (Phi) is 6.62. The molecule has 1 saturated carbocycles. The fourth-order valence-corrected chi connectivity index (χ4v) is 6.69. The highest BCUT2D eigenvalue weighted by molar-refractivity contribution is 6.09. The number of hydrogen-bond donors (Lipinski definition) is 4. The molecule has 1 heterocycles. The summed E-state index contributed by atoms with van der Waals surface area (Å²) in [7, 11) is 0. The Bertz CT molecular complexity index is 986. The van der Waals surface area contributed by atoms with Crippen molar-refractivity contribution in [3.05, 3.63) is 60.2 Å². The van der Waals surface area contributed by atoms with E-state index in [1.165, 1.54) is 0 Å². The van der Waals surface area contributed by atoms with E-state index in [1.807, 2.05) is 50.3 Å². The number of benzene rings is 1. The van der Waals surface area contributed by atoms with Crippen molar-refractivity contribution in [2.24, 2.45) is 29.1 Å². The minimum absolute atomic E-state index is 0.0481. The van der Waals surface area contributed by atoms with Crippen LogP contribution in [0.1, 0.15) is 45.6 Å². The fraction of sp³-hybridized carbons (Fsp3) is 0.571. The number of aliphatic hydroxyl groups is 3. The second-order valence-electron chi connectivity index (χ2n) is 11.0. The van der Waals surface area contributed by atoms with E-state index in [2.05, 4.69) is 11.9 Å². The van der Waals surface area contributed by atoms with E-state index < -0.39 is 46.8 Å². The van der Waals surface area contributed by atoms with Gasteiger partial charge in [-0.3, -0.25) is 9.59 Å². The molecule has 0 radical (unpaired) electrons. The first-order valence-corrected chi connectivity index (χ1v) is 12.3. The van der Waals surface area contributed by atoms with Gasteiger partial charge in [0.2, 0.25) is 5.91 Å². The Labute approximate surface area is 201 Å². The minimum Gasteiger partial charge on any atom is -0.390 e. The Balaban J connectivity index is 1.84. The lowest BCUT2D eigenvalue weighted by Gasteiger charge is -2.49. The van der Waals surface area contributed by atoms with Gasteiger partial charge in [-0.1, -0.05) is 62.9 Å². The van der Waals surface area contributed by atoms with Gasteiger partial charge in [0.1, 0.15) is 5.41 Å². The molecule has 2 aliphatic carbocycles. The number of aliphatic hydroxyl groups excluding tert-OH is 2. The van der Waals surface area contributed by atoms with Gasteiger partial charge in [0.05, 0.1) is 17.8 Å². The number of carbonyl (C=O) groups excluding carboxylic acids is 2. The van der Waals surface area contributed by atoms with Crippen LogP contribution < -0.4 is 5.32 Å². The first kappa shape index (κ1) is 24.8. The summed E-state index contributed by atoms with van der Waals surface area (Å²) >= 11 is 0. The third kappa shape index (κ3) is 3.96. The largest absolute Gasteiger partial charge is 0.390 e. The van der Waals surface area contributed by atoms with Gasteiger partial charge in [-0.25, -0.2) is 0 Å². The minimum atomic E-state index is -1.54. The molecule has 1 aromatic carbocycles. The highest BCUT2D eigenvalue weighted by atomic mass is 16.3. The molecule has 4 rings (SSSR count). The number of allylic oxidation sites excluding steroid dienone is 1. The van der Waals surface area contributed by atoms with E-state index in [-0.39, 0.29) is 24.3 Å². The molecule has 2 fully saturated rings. The fourth-order valence-electron chi connectivity index (χ4n) is 6.69. The second kappa shape index (κ2) is 9.06. The van der Waals surface area contributed by atoms with Gasteiger partial charge in [-0.05, 0) is 49.2 Å². The maximum Gasteiger partial charge on any atom is 0.235 e. The van der Waals surface area contributed by atoms with Crippen LogP contribution in [0.4, 0.5) is 0 Å². The molecule has 6 heteroatoms. The molecule has 1 aromatic rings. The number of nitrogens with one attached hydrogen (secondary N) is 1. The topological polar surface area (TPSA) is 107 Å². The summed E-state index contributed by atoms with van der Waals surface area (Å²) in [5.41, 5.74) is -1.34.